The van der Waals surface area contributed by atoms with Crippen molar-refractivity contribution in [2.75, 3.05) is 0 Å². The number of rotatable bonds is 5. The predicted molar refractivity (Wildman–Crippen MR) is 95.5 cm³/mol. The maximum Gasteiger partial charge on any atom is 0.279 e. The minimum atomic E-state index is -4.50. The number of fused-ring (bicyclic) bond motifs is 1. The second kappa shape index (κ2) is 7.05. The molecule has 0 atom stereocenters. The van der Waals surface area contributed by atoms with Crippen LogP contribution in [-0.4, -0.2) is 28.7 Å². The first kappa shape index (κ1) is 18.9. The van der Waals surface area contributed by atoms with Gasteiger partial charge in [-0.05, 0) is 25.1 Å². The summed E-state index contributed by atoms with van der Waals surface area (Å²) in [6, 6.07) is 7.25. The van der Waals surface area contributed by atoms with E-state index >= 15 is 0 Å². The number of hydrogen-bond donors (Lipinski definition) is 1. The molecule has 0 fully saturated rings. The molecule has 142 valence electrons. The number of halogens is 1. The third-order valence-electron chi connectivity index (χ3n) is 3.79. The molecule has 2 aromatic heterocycles. The second-order valence-corrected chi connectivity index (χ2v) is 7.21. The summed E-state index contributed by atoms with van der Waals surface area (Å²) >= 11 is 0. The highest BCUT2D eigenvalue weighted by atomic mass is 32.2. The van der Waals surface area contributed by atoms with E-state index in [1.165, 1.54) is 17.6 Å². The minimum absolute atomic E-state index is 0.194. The summed E-state index contributed by atoms with van der Waals surface area (Å²) in [6.45, 7) is 1.49. The van der Waals surface area contributed by atoms with Crippen molar-refractivity contribution in [1.82, 2.24) is 14.4 Å². The molecule has 0 unspecified atom stereocenters. The number of nitro groups is 1. The summed E-state index contributed by atoms with van der Waals surface area (Å²) < 4.78 is 40.0. The Hall–Kier alpha value is -3.85. The Morgan fingerprint density at radius 3 is 2.82 bits per heavy atom. The number of sulfonamides is 1. The Morgan fingerprint density at radius 1 is 1.39 bits per heavy atom. The van der Waals surface area contributed by atoms with Crippen LogP contribution in [0.1, 0.15) is 18.1 Å². The van der Waals surface area contributed by atoms with E-state index in [1.807, 2.05) is 10.9 Å². The van der Waals surface area contributed by atoms with Crippen molar-refractivity contribution in [2.24, 2.45) is 5.10 Å². The van der Waals surface area contributed by atoms with Gasteiger partial charge in [0.25, 0.3) is 15.7 Å². The summed E-state index contributed by atoms with van der Waals surface area (Å²) in [4.78, 5) is 10.9. The van der Waals surface area contributed by atoms with Gasteiger partial charge in [-0.1, -0.05) is 0 Å². The fourth-order valence-corrected chi connectivity index (χ4v) is 3.33. The molecule has 0 radical (unpaired) electrons. The lowest BCUT2D eigenvalue weighted by atomic mass is 10.1. The van der Waals surface area contributed by atoms with Crippen molar-refractivity contribution in [3.8, 4) is 6.07 Å². The van der Waals surface area contributed by atoms with Gasteiger partial charge in [0, 0.05) is 23.9 Å². The van der Waals surface area contributed by atoms with E-state index in [9.17, 15) is 22.9 Å². The molecule has 28 heavy (non-hydrogen) atoms. The first-order chi connectivity index (χ1) is 13.2. The maximum absolute atomic E-state index is 13.9. The van der Waals surface area contributed by atoms with Gasteiger partial charge < -0.3 is 0 Å². The summed E-state index contributed by atoms with van der Waals surface area (Å²) in [5.74, 6) is -1.15. The molecule has 0 aliphatic rings. The topological polar surface area (TPSA) is 143 Å². The van der Waals surface area contributed by atoms with Crippen LogP contribution >= 0.6 is 0 Å². The Balaban J connectivity index is 1.96. The second-order valence-electron chi connectivity index (χ2n) is 5.58. The van der Waals surface area contributed by atoms with Crippen molar-refractivity contribution >= 4 is 26.9 Å². The predicted octanol–water partition coefficient (Wildman–Crippen LogP) is 1.96. The van der Waals surface area contributed by atoms with Gasteiger partial charge in [-0.25, -0.2) is 8.91 Å². The highest BCUT2D eigenvalue weighted by Crippen LogP contribution is 2.21. The van der Waals surface area contributed by atoms with Gasteiger partial charge in [0.15, 0.2) is 0 Å². The van der Waals surface area contributed by atoms with Gasteiger partial charge in [0.1, 0.15) is 10.7 Å². The molecular weight excluding hydrogens is 391 g/mol. The molecule has 3 aromatic rings. The van der Waals surface area contributed by atoms with Crippen LogP contribution in [0.4, 0.5) is 10.1 Å². The van der Waals surface area contributed by atoms with Crippen LogP contribution in [0.3, 0.4) is 0 Å². The van der Waals surface area contributed by atoms with E-state index in [-0.39, 0.29) is 5.71 Å². The molecule has 12 heteroatoms. The van der Waals surface area contributed by atoms with Crippen LogP contribution in [0, 0.1) is 27.3 Å². The number of hydrogen-bond acceptors (Lipinski definition) is 7. The molecule has 10 nitrogen and oxygen atoms in total. The van der Waals surface area contributed by atoms with Crippen LogP contribution in [0.2, 0.25) is 0 Å². The van der Waals surface area contributed by atoms with Crippen molar-refractivity contribution in [1.29, 1.82) is 5.26 Å². The monoisotopic (exact) mass is 402 g/mol. The van der Waals surface area contributed by atoms with E-state index in [0.29, 0.717) is 28.8 Å². The third-order valence-corrected chi connectivity index (χ3v) is 5.01. The van der Waals surface area contributed by atoms with Gasteiger partial charge in [-0.2, -0.15) is 28.7 Å². The molecule has 1 aromatic carbocycles. The molecule has 0 saturated carbocycles. The lowest BCUT2D eigenvalue weighted by molar-refractivity contribution is -0.385. The molecule has 0 aliphatic heterocycles. The van der Waals surface area contributed by atoms with E-state index in [2.05, 4.69) is 10.2 Å². The Kier molecular flexibility index (Phi) is 4.76. The van der Waals surface area contributed by atoms with E-state index in [0.717, 1.165) is 6.07 Å². The van der Waals surface area contributed by atoms with Crippen LogP contribution in [0.15, 0.2) is 52.7 Å². The Morgan fingerprint density at radius 2 is 2.14 bits per heavy atom. The van der Waals surface area contributed by atoms with Gasteiger partial charge >= 0.3 is 0 Å². The van der Waals surface area contributed by atoms with Gasteiger partial charge in [0.2, 0.25) is 0 Å². The Labute approximate surface area is 157 Å². The van der Waals surface area contributed by atoms with Crippen molar-refractivity contribution in [3.05, 3.63) is 69.8 Å². The molecule has 1 N–H and O–H groups in total. The normalized spacial score (nSPS) is 12.0. The summed E-state index contributed by atoms with van der Waals surface area (Å²) in [6.07, 6.45) is 2.99. The molecule has 0 saturated heterocycles. The van der Waals surface area contributed by atoms with Crippen LogP contribution in [-0.2, 0) is 10.0 Å². The van der Waals surface area contributed by atoms with Crippen molar-refractivity contribution in [3.63, 3.8) is 0 Å². The lowest BCUT2D eigenvalue weighted by Crippen LogP contribution is -2.21. The zero-order chi connectivity index (χ0) is 20.5. The highest BCUT2D eigenvalue weighted by molar-refractivity contribution is 7.89. The number of benzene rings is 1. The highest BCUT2D eigenvalue weighted by Gasteiger charge is 2.22. The summed E-state index contributed by atoms with van der Waals surface area (Å²) in [5, 5.41) is 27.6. The van der Waals surface area contributed by atoms with Crippen LogP contribution in [0.25, 0.3) is 5.52 Å². The average molecular weight is 402 g/mol. The minimum Gasteiger partial charge on any atom is -0.258 e. The number of non-ortho nitro benzene ring substituents is 1. The number of nitro benzene ring substituents is 1. The fourth-order valence-electron chi connectivity index (χ4n) is 2.38. The molecule has 3 rings (SSSR count). The smallest absolute Gasteiger partial charge is 0.258 e. The lowest BCUT2D eigenvalue weighted by Gasteiger charge is -2.06. The third kappa shape index (κ3) is 3.51. The van der Waals surface area contributed by atoms with Gasteiger partial charge in [-0.15, -0.1) is 0 Å². The molecule has 0 amide bonds. The van der Waals surface area contributed by atoms with Gasteiger partial charge in [-0.3, -0.25) is 10.1 Å². The molecule has 0 spiro atoms. The standard InChI is InChI=1S/C16H11FN6O4S/c1-10(13-9-19-22-5-4-11(8-18)6-15(13)22)20-21-28(26,27)16-7-12(23(24)25)2-3-14(16)17/h2-7,9,21H,1H3/b20-10-. The zero-order valence-electron chi connectivity index (χ0n) is 14.2. The van der Waals surface area contributed by atoms with Crippen LogP contribution in [0.5, 0.6) is 0 Å². The van der Waals surface area contributed by atoms with E-state index < -0.39 is 31.3 Å². The van der Waals surface area contributed by atoms with E-state index in [1.54, 1.807) is 18.3 Å². The first-order valence-corrected chi connectivity index (χ1v) is 9.09. The zero-order valence-corrected chi connectivity index (χ0v) is 15.0. The maximum atomic E-state index is 13.9. The summed E-state index contributed by atoms with van der Waals surface area (Å²) in [5.41, 5.74) is 0.954. The Bertz CT molecular complexity index is 1280. The summed E-state index contributed by atoms with van der Waals surface area (Å²) in [7, 11) is -4.50. The molecule has 0 aliphatic carbocycles. The largest absolute Gasteiger partial charge is 0.279 e. The SMILES string of the molecule is C/C(=N/NS(=O)(=O)c1cc([N+](=O)[O-])ccc1F)c1cnn2ccc(C#N)cc12. The number of nitriles is 1. The number of nitrogens with one attached hydrogen (secondary N) is 1. The quantitative estimate of drug-likeness (QED) is 0.392. The molecule has 2 heterocycles. The fraction of sp³-hybridized carbons (Fsp3) is 0.0625. The van der Waals surface area contributed by atoms with Crippen molar-refractivity contribution < 1.29 is 17.7 Å². The number of hydrazone groups is 1. The number of aromatic nitrogens is 2. The van der Waals surface area contributed by atoms with Gasteiger partial charge in [0.05, 0.1) is 34.0 Å². The average Bonchev–Trinajstić information content (AvgIpc) is 3.09. The van der Waals surface area contributed by atoms with E-state index in [4.69, 9.17) is 5.26 Å². The van der Waals surface area contributed by atoms with Crippen molar-refractivity contribution in [2.45, 2.75) is 11.8 Å². The molecular formula is C16H11FN6O4S. The molecule has 0 bridgehead atoms. The first-order valence-electron chi connectivity index (χ1n) is 7.61. The van der Waals surface area contributed by atoms with Crippen LogP contribution < -0.4 is 4.83 Å². The number of nitrogens with zero attached hydrogens (tertiary/aromatic N) is 5. The number of pyridine rings is 1.